The molecule has 0 aromatic heterocycles. The van der Waals surface area contributed by atoms with Gasteiger partial charge in [-0.25, -0.2) is 0 Å². The van der Waals surface area contributed by atoms with Crippen LogP contribution < -0.4 is 5.32 Å². The molecule has 1 aromatic carbocycles. The van der Waals surface area contributed by atoms with E-state index in [-0.39, 0.29) is 18.4 Å². The Hall–Kier alpha value is -1.84. The van der Waals surface area contributed by atoms with E-state index in [1.165, 1.54) is 0 Å². The maximum atomic E-state index is 12.2. The Balaban J connectivity index is 2.07. The van der Waals surface area contributed by atoms with Crippen LogP contribution in [0.3, 0.4) is 0 Å². The maximum Gasteiger partial charge on any atom is 0.245 e. The van der Waals surface area contributed by atoms with Gasteiger partial charge in [0, 0.05) is 13.0 Å². The predicted octanol–water partition coefficient (Wildman–Crippen LogP) is 0.966. The Labute approximate surface area is 107 Å². The molecule has 18 heavy (non-hydrogen) atoms. The number of amides is 2. The van der Waals surface area contributed by atoms with E-state index in [0.717, 1.165) is 12.0 Å². The maximum absolute atomic E-state index is 12.2. The molecular weight excluding hydrogens is 228 g/mol. The average molecular weight is 246 g/mol. The molecule has 2 amide bonds. The van der Waals surface area contributed by atoms with Crippen molar-refractivity contribution in [2.24, 2.45) is 0 Å². The summed E-state index contributed by atoms with van der Waals surface area (Å²) in [6, 6.07) is 9.34. The number of hydrogen-bond acceptors (Lipinski definition) is 2. The summed E-state index contributed by atoms with van der Waals surface area (Å²) >= 11 is 0. The second-order valence-electron chi connectivity index (χ2n) is 4.57. The first kappa shape index (κ1) is 12.6. The van der Waals surface area contributed by atoms with Gasteiger partial charge in [0.05, 0.1) is 6.54 Å². The number of rotatable bonds is 4. The van der Waals surface area contributed by atoms with Crippen LogP contribution in [-0.2, 0) is 16.0 Å². The Morgan fingerprint density at radius 2 is 2.00 bits per heavy atom. The molecule has 1 fully saturated rings. The van der Waals surface area contributed by atoms with E-state index < -0.39 is 6.04 Å². The third kappa shape index (κ3) is 2.88. The van der Waals surface area contributed by atoms with Gasteiger partial charge in [-0.2, -0.15) is 0 Å². The van der Waals surface area contributed by atoms with Crippen molar-refractivity contribution in [1.29, 1.82) is 0 Å². The van der Waals surface area contributed by atoms with Gasteiger partial charge in [-0.1, -0.05) is 37.3 Å². The molecule has 1 aliphatic rings. The van der Waals surface area contributed by atoms with E-state index in [0.29, 0.717) is 13.0 Å². The topological polar surface area (TPSA) is 49.4 Å². The van der Waals surface area contributed by atoms with Crippen LogP contribution >= 0.6 is 0 Å². The van der Waals surface area contributed by atoms with Crippen LogP contribution in [0, 0.1) is 0 Å². The largest absolute Gasteiger partial charge is 0.342 e. The first-order valence-electron chi connectivity index (χ1n) is 6.32. The van der Waals surface area contributed by atoms with Gasteiger partial charge in [0.1, 0.15) is 6.04 Å². The second kappa shape index (κ2) is 5.67. The highest BCUT2D eigenvalue weighted by molar-refractivity contribution is 5.95. The first-order valence-corrected chi connectivity index (χ1v) is 6.32. The molecule has 1 aliphatic heterocycles. The fourth-order valence-electron chi connectivity index (χ4n) is 2.22. The third-order valence-corrected chi connectivity index (χ3v) is 3.06. The summed E-state index contributed by atoms with van der Waals surface area (Å²) in [5, 5.41) is 2.77. The molecule has 1 aromatic rings. The summed E-state index contributed by atoms with van der Waals surface area (Å²) in [5.74, 6) is -0.0377. The minimum Gasteiger partial charge on any atom is -0.342 e. The van der Waals surface area contributed by atoms with Crippen molar-refractivity contribution in [2.45, 2.75) is 25.8 Å². The summed E-state index contributed by atoms with van der Waals surface area (Å²) in [5.41, 5.74) is 1.06. The Bertz CT molecular complexity index is 431. The van der Waals surface area contributed by atoms with Crippen molar-refractivity contribution in [3.63, 3.8) is 0 Å². The van der Waals surface area contributed by atoms with E-state index in [1.54, 1.807) is 4.90 Å². The van der Waals surface area contributed by atoms with Crippen LogP contribution in [0.5, 0.6) is 0 Å². The van der Waals surface area contributed by atoms with Gasteiger partial charge < -0.3 is 10.2 Å². The number of nitrogens with zero attached hydrogens (tertiary/aromatic N) is 1. The molecule has 96 valence electrons. The van der Waals surface area contributed by atoms with Gasteiger partial charge in [0.15, 0.2) is 0 Å². The molecule has 1 saturated heterocycles. The molecule has 1 atom stereocenters. The molecule has 0 aliphatic carbocycles. The highest BCUT2D eigenvalue weighted by Gasteiger charge is 2.31. The van der Waals surface area contributed by atoms with Crippen molar-refractivity contribution >= 4 is 11.8 Å². The van der Waals surface area contributed by atoms with Crippen molar-refractivity contribution < 1.29 is 9.59 Å². The summed E-state index contributed by atoms with van der Waals surface area (Å²) in [6.07, 6.45) is 1.43. The molecule has 0 unspecified atom stereocenters. The van der Waals surface area contributed by atoms with E-state index >= 15 is 0 Å². The molecule has 4 heteroatoms. The molecule has 2 rings (SSSR count). The molecule has 1 N–H and O–H groups in total. The van der Waals surface area contributed by atoms with Gasteiger partial charge in [-0.3, -0.25) is 9.59 Å². The number of nitrogens with one attached hydrogen (secondary N) is 1. The highest BCUT2D eigenvalue weighted by Crippen LogP contribution is 2.09. The first-order chi connectivity index (χ1) is 8.70. The lowest BCUT2D eigenvalue weighted by molar-refractivity contribution is -0.144. The van der Waals surface area contributed by atoms with E-state index in [2.05, 4.69) is 5.32 Å². The monoisotopic (exact) mass is 246 g/mol. The number of benzene rings is 1. The lowest BCUT2D eigenvalue weighted by Crippen LogP contribution is -2.58. The summed E-state index contributed by atoms with van der Waals surface area (Å²) < 4.78 is 0. The standard InChI is InChI=1S/C14H18N2O2/c1-2-8-16-10-13(17)15-12(14(16)18)9-11-6-4-3-5-7-11/h3-7,12H,2,8-10H2,1H3,(H,15,17)/t12-/m0/s1. The second-order valence-corrected chi connectivity index (χ2v) is 4.57. The van der Waals surface area contributed by atoms with Gasteiger partial charge >= 0.3 is 0 Å². The van der Waals surface area contributed by atoms with Crippen molar-refractivity contribution in [2.75, 3.05) is 13.1 Å². The summed E-state index contributed by atoms with van der Waals surface area (Å²) in [4.78, 5) is 25.4. The van der Waals surface area contributed by atoms with E-state index in [1.807, 2.05) is 37.3 Å². The van der Waals surface area contributed by atoms with Gasteiger partial charge in [0.25, 0.3) is 0 Å². The van der Waals surface area contributed by atoms with Crippen molar-refractivity contribution in [3.05, 3.63) is 35.9 Å². The van der Waals surface area contributed by atoms with Gasteiger partial charge in [0.2, 0.25) is 11.8 Å². The lowest BCUT2D eigenvalue weighted by Gasteiger charge is -2.32. The van der Waals surface area contributed by atoms with Crippen LogP contribution in [-0.4, -0.2) is 35.8 Å². The Morgan fingerprint density at radius 1 is 1.28 bits per heavy atom. The normalized spacial score (nSPS) is 19.8. The van der Waals surface area contributed by atoms with Gasteiger partial charge in [-0.05, 0) is 12.0 Å². The van der Waals surface area contributed by atoms with Crippen LogP contribution in [0.1, 0.15) is 18.9 Å². The number of hydrogen-bond donors (Lipinski definition) is 1. The minimum atomic E-state index is -0.416. The molecule has 0 radical (unpaired) electrons. The van der Waals surface area contributed by atoms with Crippen molar-refractivity contribution in [3.8, 4) is 0 Å². The molecular formula is C14H18N2O2. The summed E-state index contributed by atoms with van der Waals surface area (Å²) in [7, 11) is 0. The third-order valence-electron chi connectivity index (χ3n) is 3.06. The smallest absolute Gasteiger partial charge is 0.245 e. The molecule has 4 nitrogen and oxygen atoms in total. The molecule has 0 bridgehead atoms. The van der Waals surface area contributed by atoms with Crippen LogP contribution in [0.2, 0.25) is 0 Å². The Kier molecular flexibility index (Phi) is 3.97. The van der Waals surface area contributed by atoms with Crippen LogP contribution in [0.4, 0.5) is 0 Å². The minimum absolute atomic E-state index is 0.0281. The molecule has 0 spiro atoms. The Morgan fingerprint density at radius 3 is 2.67 bits per heavy atom. The van der Waals surface area contributed by atoms with Crippen LogP contribution in [0.15, 0.2) is 30.3 Å². The SMILES string of the molecule is CCCN1CC(=O)N[C@@H](Cc2ccccc2)C1=O. The van der Waals surface area contributed by atoms with Gasteiger partial charge in [-0.15, -0.1) is 0 Å². The van der Waals surface area contributed by atoms with Crippen LogP contribution in [0.25, 0.3) is 0 Å². The quantitative estimate of drug-likeness (QED) is 0.860. The zero-order valence-corrected chi connectivity index (χ0v) is 10.6. The average Bonchev–Trinajstić information content (AvgIpc) is 2.36. The fourth-order valence-corrected chi connectivity index (χ4v) is 2.22. The van der Waals surface area contributed by atoms with E-state index in [9.17, 15) is 9.59 Å². The van der Waals surface area contributed by atoms with Crippen molar-refractivity contribution in [1.82, 2.24) is 10.2 Å². The zero-order valence-electron chi connectivity index (χ0n) is 10.6. The lowest BCUT2D eigenvalue weighted by atomic mass is 10.0. The fraction of sp³-hybridized carbons (Fsp3) is 0.429. The number of carbonyl (C=O) groups is 2. The summed E-state index contributed by atoms with van der Waals surface area (Å²) in [6.45, 7) is 2.85. The molecule has 1 heterocycles. The predicted molar refractivity (Wildman–Crippen MR) is 68.9 cm³/mol. The zero-order chi connectivity index (χ0) is 13.0. The number of piperazine rings is 1. The van der Waals surface area contributed by atoms with E-state index in [4.69, 9.17) is 0 Å². The molecule has 0 saturated carbocycles. The highest BCUT2D eigenvalue weighted by atomic mass is 16.2. The number of carbonyl (C=O) groups excluding carboxylic acids is 2.